The normalized spacial score (nSPS) is 16.4. The number of aromatic nitrogens is 2. The summed E-state index contributed by atoms with van der Waals surface area (Å²) in [6.07, 6.45) is 2.48. The Bertz CT molecular complexity index is 680. The number of nitrogens with one attached hydrogen (secondary N) is 3. The van der Waals surface area contributed by atoms with Gasteiger partial charge in [0.25, 0.3) is 5.56 Å². The Balaban J connectivity index is 1.73. The maximum Gasteiger partial charge on any atom is 0.264 e. The molecule has 0 unspecified atom stereocenters. The molecule has 1 aliphatic carbocycles. The first-order valence-electron chi connectivity index (χ1n) is 6.55. The molecule has 1 saturated carbocycles. The first-order valence-corrected chi connectivity index (χ1v) is 6.55. The van der Waals surface area contributed by atoms with Gasteiger partial charge in [0, 0.05) is 11.8 Å². The predicted octanol–water partition coefficient (Wildman–Crippen LogP) is 1.19. The lowest BCUT2D eigenvalue weighted by Gasteiger charge is -2.36. The highest BCUT2D eigenvalue weighted by atomic mass is 16.2. The molecule has 3 rings (SSSR count). The van der Waals surface area contributed by atoms with Gasteiger partial charge in [0.1, 0.15) is 0 Å². The van der Waals surface area contributed by atoms with Crippen LogP contribution in [0.1, 0.15) is 19.3 Å². The predicted molar refractivity (Wildman–Crippen MR) is 76.2 cm³/mol. The Morgan fingerprint density at radius 3 is 2.40 bits per heavy atom. The third-order valence-electron chi connectivity index (χ3n) is 3.75. The third-order valence-corrected chi connectivity index (χ3v) is 3.75. The van der Waals surface area contributed by atoms with Crippen molar-refractivity contribution in [3.63, 3.8) is 0 Å². The highest BCUT2D eigenvalue weighted by molar-refractivity contribution is 5.98. The summed E-state index contributed by atoms with van der Waals surface area (Å²) in [4.78, 5) is 23.1. The number of carbonyl (C=O) groups is 1. The minimum absolute atomic E-state index is 0.133. The SMILES string of the molecule is NC1(C(=O)Nc2ccc(-c3cc(=O)[nH][nH]3)cc2)CCC1. The fourth-order valence-corrected chi connectivity index (χ4v) is 2.26. The number of carbonyl (C=O) groups excluding carboxylic acids is 1. The summed E-state index contributed by atoms with van der Waals surface area (Å²) < 4.78 is 0. The largest absolute Gasteiger partial charge is 0.324 e. The van der Waals surface area contributed by atoms with E-state index in [1.54, 1.807) is 12.1 Å². The molecule has 2 aromatic rings. The van der Waals surface area contributed by atoms with E-state index in [4.69, 9.17) is 5.73 Å². The van der Waals surface area contributed by atoms with Gasteiger partial charge in [0.15, 0.2) is 0 Å². The fraction of sp³-hybridized carbons (Fsp3) is 0.286. The lowest BCUT2D eigenvalue weighted by molar-refractivity contribution is -0.123. The highest BCUT2D eigenvalue weighted by Gasteiger charge is 2.40. The van der Waals surface area contributed by atoms with E-state index < -0.39 is 5.54 Å². The van der Waals surface area contributed by atoms with Gasteiger partial charge < -0.3 is 11.1 Å². The van der Waals surface area contributed by atoms with Crippen LogP contribution in [0.4, 0.5) is 5.69 Å². The van der Waals surface area contributed by atoms with Gasteiger partial charge >= 0.3 is 0 Å². The number of aromatic amines is 2. The molecular formula is C14H16N4O2. The molecule has 6 nitrogen and oxygen atoms in total. The van der Waals surface area contributed by atoms with E-state index in [-0.39, 0.29) is 11.5 Å². The number of hydrogen-bond acceptors (Lipinski definition) is 3. The number of H-pyrrole nitrogens is 2. The molecule has 0 spiro atoms. The molecule has 0 aliphatic heterocycles. The summed E-state index contributed by atoms with van der Waals surface area (Å²) in [7, 11) is 0. The number of nitrogens with two attached hydrogens (primary N) is 1. The molecule has 1 aliphatic rings. The van der Waals surface area contributed by atoms with Crippen LogP contribution in [0.25, 0.3) is 11.3 Å². The van der Waals surface area contributed by atoms with E-state index in [0.717, 1.165) is 24.8 Å². The van der Waals surface area contributed by atoms with E-state index in [9.17, 15) is 9.59 Å². The van der Waals surface area contributed by atoms with Crippen LogP contribution in [-0.4, -0.2) is 21.6 Å². The van der Waals surface area contributed by atoms with Crippen LogP contribution in [0.2, 0.25) is 0 Å². The van der Waals surface area contributed by atoms with E-state index in [2.05, 4.69) is 15.5 Å². The molecule has 0 bridgehead atoms. The van der Waals surface area contributed by atoms with Crippen LogP contribution in [0, 0.1) is 0 Å². The third kappa shape index (κ3) is 2.25. The van der Waals surface area contributed by atoms with E-state index in [1.165, 1.54) is 6.07 Å². The van der Waals surface area contributed by atoms with Crippen LogP contribution < -0.4 is 16.6 Å². The molecule has 104 valence electrons. The molecule has 1 heterocycles. The lowest BCUT2D eigenvalue weighted by atomic mass is 9.77. The minimum atomic E-state index is -0.704. The van der Waals surface area contributed by atoms with Crippen molar-refractivity contribution in [2.24, 2.45) is 5.73 Å². The van der Waals surface area contributed by atoms with Crippen molar-refractivity contribution in [3.8, 4) is 11.3 Å². The van der Waals surface area contributed by atoms with Crippen LogP contribution in [0.3, 0.4) is 0 Å². The fourth-order valence-electron chi connectivity index (χ4n) is 2.26. The molecule has 1 aromatic carbocycles. The van der Waals surface area contributed by atoms with E-state index in [1.807, 2.05) is 12.1 Å². The van der Waals surface area contributed by atoms with Gasteiger partial charge in [-0.15, -0.1) is 0 Å². The summed E-state index contributed by atoms with van der Waals surface area (Å²) in [6, 6.07) is 8.73. The van der Waals surface area contributed by atoms with Crippen molar-refractivity contribution in [2.45, 2.75) is 24.8 Å². The Kier molecular flexibility index (Phi) is 2.94. The number of anilines is 1. The highest BCUT2D eigenvalue weighted by Crippen LogP contribution is 2.30. The van der Waals surface area contributed by atoms with Crippen LogP contribution in [0.15, 0.2) is 35.1 Å². The first-order chi connectivity index (χ1) is 9.57. The second kappa shape index (κ2) is 4.64. The molecule has 0 atom stereocenters. The number of benzene rings is 1. The summed E-state index contributed by atoms with van der Waals surface area (Å²) in [5.41, 5.74) is 7.37. The van der Waals surface area contributed by atoms with Gasteiger partial charge in [-0.3, -0.25) is 19.8 Å². The van der Waals surface area contributed by atoms with E-state index in [0.29, 0.717) is 11.4 Å². The first kappa shape index (κ1) is 12.7. The van der Waals surface area contributed by atoms with E-state index >= 15 is 0 Å². The van der Waals surface area contributed by atoms with Crippen molar-refractivity contribution in [1.82, 2.24) is 10.2 Å². The molecule has 1 fully saturated rings. The summed E-state index contributed by atoms with van der Waals surface area (Å²) in [5, 5.41) is 8.09. The standard InChI is InChI=1S/C14H16N4O2/c15-14(6-1-7-14)13(20)16-10-4-2-9(3-5-10)11-8-12(19)18-17-11/h2-5,8H,1,6-7,15H2,(H,16,20)(H2,17,18,19). The van der Waals surface area contributed by atoms with Gasteiger partial charge in [0.2, 0.25) is 5.91 Å². The minimum Gasteiger partial charge on any atom is -0.324 e. The van der Waals surface area contributed by atoms with Gasteiger partial charge in [-0.25, -0.2) is 0 Å². The molecule has 5 N–H and O–H groups in total. The second-order valence-electron chi connectivity index (χ2n) is 5.21. The monoisotopic (exact) mass is 272 g/mol. The number of hydrogen-bond donors (Lipinski definition) is 4. The van der Waals surface area contributed by atoms with Crippen LogP contribution >= 0.6 is 0 Å². The zero-order valence-corrected chi connectivity index (χ0v) is 10.9. The topological polar surface area (TPSA) is 104 Å². The van der Waals surface area contributed by atoms with Crippen LogP contribution in [0.5, 0.6) is 0 Å². The molecule has 0 radical (unpaired) electrons. The Labute approximate surface area is 115 Å². The van der Waals surface area contributed by atoms with Gasteiger partial charge in [0.05, 0.1) is 11.2 Å². The Hall–Kier alpha value is -2.34. The summed E-state index contributed by atoms with van der Waals surface area (Å²) in [5.74, 6) is -0.133. The molecular weight excluding hydrogens is 256 g/mol. The van der Waals surface area contributed by atoms with Crippen molar-refractivity contribution >= 4 is 11.6 Å². The van der Waals surface area contributed by atoms with Crippen LogP contribution in [-0.2, 0) is 4.79 Å². The van der Waals surface area contributed by atoms with Crippen molar-refractivity contribution in [1.29, 1.82) is 0 Å². The Morgan fingerprint density at radius 1 is 1.20 bits per heavy atom. The van der Waals surface area contributed by atoms with Gasteiger partial charge in [-0.1, -0.05) is 12.1 Å². The second-order valence-corrected chi connectivity index (χ2v) is 5.21. The van der Waals surface area contributed by atoms with Crippen molar-refractivity contribution < 1.29 is 4.79 Å². The zero-order valence-electron chi connectivity index (χ0n) is 10.9. The number of rotatable bonds is 3. The zero-order chi connectivity index (χ0) is 14.2. The maximum absolute atomic E-state index is 12.0. The lowest BCUT2D eigenvalue weighted by Crippen LogP contribution is -2.56. The van der Waals surface area contributed by atoms with Crippen molar-refractivity contribution in [3.05, 3.63) is 40.7 Å². The molecule has 20 heavy (non-hydrogen) atoms. The van der Waals surface area contributed by atoms with Gasteiger partial charge in [-0.2, -0.15) is 0 Å². The van der Waals surface area contributed by atoms with Gasteiger partial charge in [-0.05, 0) is 37.0 Å². The molecule has 1 aromatic heterocycles. The molecule has 1 amide bonds. The smallest absolute Gasteiger partial charge is 0.264 e. The average molecular weight is 272 g/mol. The molecule has 0 saturated heterocycles. The number of amides is 1. The molecule has 6 heteroatoms. The Morgan fingerprint density at radius 2 is 1.90 bits per heavy atom. The maximum atomic E-state index is 12.0. The quantitative estimate of drug-likeness (QED) is 0.674. The average Bonchev–Trinajstić information content (AvgIpc) is 2.83. The van der Waals surface area contributed by atoms with Crippen molar-refractivity contribution in [2.75, 3.05) is 5.32 Å². The summed E-state index contributed by atoms with van der Waals surface area (Å²) >= 11 is 0. The summed E-state index contributed by atoms with van der Waals surface area (Å²) in [6.45, 7) is 0.